The molecular formula is C10H17N7S. The molecule has 8 heteroatoms. The highest BCUT2D eigenvalue weighted by atomic mass is 32.2. The zero-order chi connectivity index (χ0) is 13.0. The van der Waals surface area contributed by atoms with Gasteiger partial charge in [-0.1, -0.05) is 11.8 Å². The molecule has 0 radical (unpaired) electrons. The predicted octanol–water partition coefficient (Wildman–Crippen LogP) is 0.449. The molecular weight excluding hydrogens is 250 g/mol. The molecule has 0 amide bonds. The molecule has 0 saturated carbocycles. The van der Waals surface area contributed by atoms with Gasteiger partial charge in [-0.2, -0.15) is 5.10 Å². The van der Waals surface area contributed by atoms with Crippen molar-refractivity contribution in [2.75, 3.05) is 6.54 Å². The van der Waals surface area contributed by atoms with Crippen LogP contribution in [0, 0.1) is 6.92 Å². The Balaban J connectivity index is 2.04. The van der Waals surface area contributed by atoms with E-state index in [1.807, 2.05) is 11.6 Å². The molecule has 0 aliphatic heterocycles. The third-order valence-electron chi connectivity index (χ3n) is 2.47. The van der Waals surface area contributed by atoms with E-state index in [9.17, 15) is 0 Å². The molecule has 18 heavy (non-hydrogen) atoms. The number of aryl methyl sites for hydroxylation is 2. The van der Waals surface area contributed by atoms with Crippen molar-refractivity contribution < 1.29 is 0 Å². The number of hydrogen-bond donors (Lipinski definition) is 1. The number of nitrogens with two attached hydrogens (primary N) is 1. The fourth-order valence-corrected chi connectivity index (χ4v) is 2.57. The molecule has 2 rings (SSSR count). The van der Waals surface area contributed by atoms with E-state index >= 15 is 0 Å². The summed E-state index contributed by atoms with van der Waals surface area (Å²) in [4.78, 5) is 0. The van der Waals surface area contributed by atoms with E-state index in [4.69, 9.17) is 5.73 Å². The maximum atomic E-state index is 5.51. The first-order valence-corrected chi connectivity index (χ1v) is 6.85. The smallest absolute Gasteiger partial charge is 0.209 e. The Kier molecular flexibility index (Phi) is 4.32. The summed E-state index contributed by atoms with van der Waals surface area (Å²) in [6.45, 7) is 6.13. The fraction of sp³-hybridized carbons (Fsp3) is 0.600. The van der Waals surface area contributed by atoms with Crippen LogP contribution in [0.2, 0.25) is 0 Å². The van der Waals surface area contributed by atoms with Crippen LogP contribution >= 0.6 is 11.8 Å². The van der Waals surface area contributed by atoms with Gasteiger partial charge in [0.2, 0.25) is 5.16 Å². The summed E-state index contributed by atoms with van der Waals surface area (Å²) in [5, 5.41) is 16.8. The number of aromatic nitrogens is 6. The number of nitrogens with zero attached hydrogens (tertiary/aromatic N) is 6. The first-order valence-electron chi connectivity index (χ1n) is 5.87. The normalized spacial score (nSPS) is 11.1. The highest BCUT2D eigenvalue weighted by molar-refractivity contribution is 7.98. The second-order valence-electron chi connectivity index (χ2n) is 3.85. The van der Waals surface area contributed by atoms with Gasteiger partial charge >= 0.3 is 0 Å². The lowest BCUT2D eigenvalue weighted by molar-refractivity contribution is 0.556. The van der Waals surface area contributed by atoms with Gasteiger partial charge in [0.25, 0.3) is 0 Å². The van der Waals surface area contributed by atoms with Gasteiger partial charge in [-0.3, -0.25) is 4.68 Å². The number of tetrazole rings is 1. The summed E-state index contributed by atoms with van der Waals surface area (Å²) < 4.78 is 3.73. The Morgan fingerprint density at radius 3 is 2.94 bits per heavy atom. The molecule has 98 valence electrons. The van der Waals surface area contributed by atoms with E-state index in [-0.39, 0.29) is 0 Å². The van der Waals surface area contributed by atoms with Crippen LogP contribution in [0.4, 0.5) is 0 Å². The molecule has 0 atom stereocenters. The lowest BCUT2D eigenvalue weighted by Gasteiger charge is -2.04. The van der Waals surface area contributed by atoms with Crippen molar-refractivity contribution in [1.82, 2.24) is 30.0 Å². The minimum Gasteiger partial charge on any atom is -0.329 e. The largest absolute Gasteiger partial charge is 0.329 e. The molecule has 2 aromatic rings. The molecule has 2 heterocycles. The van der Waals surface area contributed by atoms with Crippen LogP contribution < -0.4 is 5.73 Å². The molecule has 0 aromatic carbocycles. The van der Waals surface area contributed by atoms with E-state index in [2.05, 4.69) is 33.6 Å². The molecule has 0 bridgehead atoms. The van der Waals surface area contributed by atoms with Gasteiger partial charge in [-0.15, -0.1) is 5.10 Å². The summed E-state index contributed by atoms with van der Waals surface area (Å²) in [5.41, 5.74) is 7.72. The van der Waals surface area contributed by atoms with Crippen molar-refractivity contribution in [2.45, 2.75) is 37.8 Å². The van der Waals surface area contributed by atoms with Gasteiger partial charge in [0.15, 0.2) is 0 Å². The van der Waals surface area contributed by atoms with Gasteiger partial charge in [0.1, 0.15) is 0 Å². The molecule has 7 nitrogen and oxygen atoms in total. The van der Waals surface area contributed by atoms with Crippen molar-refractivity contribution in [3.63, 3.8) is 0 Å². The van der Waals surface area contributed by atoms with Gasteiger partial charge in [-0.25, -0.2) is 4.68 Å². The lowest BCUT2D eigenvalue weighted by Crippen LogP contribution is -2.12. The van der Waals surface area contributed by atoms with Crippen LogP contribution in [0.25, 0.3) is 0 Å². The van der Waals surface area contributed by atoms with E-state index in [0.717, 1.165) is 23.1 Å². The van der Waals surface area contributed by atoms with E-state index < -0.39 is 0 Å². The summed E-state index contributed by atoms with van der Waals surface area (Å²) in [7, 11) is 0. The minimum atomic E-state index is 0.532. The summed E-state index contributed by atoms with van der Waals surface area (Å²) >= 11 is 1.60. The molecule has 0 saturated heterocycles. The fourth-order valence-electron chi connectivity index (χ4n) is 1.69. The molecule has 0 aliphatic carbocycles. The maximum Gasteiger partial charge on any atom is 0.209 e. The SMILES string of the molecule is CCn1nc(C)cc1CSc1nnnn1CCN. The van der Waals surface area contributed by atoms with Crippen molar-refractivity contribution in [1.29, 1.82) is 0 Å². The summed E-state index contributed by atoms with van der Waals surface area (Å²) in [6, 6.07) is 2.09. The average Bonchev–Trinajstić information content (AvgIpc) is 2.93. The minimum absolute atomic E-state index is 0.532. The van der Waals surface area contributed by atoms with Crippen molar-refractivity contribution in [3.8, 4) is 0 Å². The third kappa shape index (κ3) is 2.88. The summed E-state index contributed by atoms with van der Waals surface area (Å²) in [6.07, 6.45) is 0. The topological polar surface area (TPSA) is 87.4 Å². The third-order valence-corrected chi connectivity index (χ3v) is 3.46. The molecule has 0 fully saturated rings. The molecule has 0 unspecified atom stereocenters. The van der Waals surface area contributed by atoms with E-state index in [1.165, 1.54) is 5.69 Å². The number of hydrogen-bond acceptors (Lipinski definition) is 6. The second kappa shape index (κ2) is 5.96. The Morgan fingerprint density at radius 2 is 2.22 bits per heavy atom. The Labute approximate surface area is 110 Å². The van der Waals surface area contributed by atoms with Gasteiger partial charge in [0.05, 0.1) is 12.2 Å². The zero-order valence-corrected chi connectivity index (χ0v) is 11.4. The molecule has 2 N–H and O–H groups in total. The van der Waals surface area contributed by atoms with Crippen LogP contribution in [0.5, 0.6) is 0 Å². The van der Waals surface area contributed by atoms with Gasteiger partial charge in [0, 0.05) is 24.5 Å². The van der Waals surface area contributed by atoms with Crippen molar-refractivity contribution >= 4 is 11.8 Å². The second-order valence-corrected chi connectivity index (χ2v) is 4.80. The molecule has 0 aliphatic rings. The number of rotatable bonds is 6. The van der Waals surface area contributed by atoms with Gasteiger partial charge < -0.3 is 5.73 Å². The van der Waals surface area contributed by atoms with Crippen LogP contribution in [0.1, 0.15) is 18.3 Å². The first kappa shape index (κ1) is 13.0. The Bertz CT molecular complexity index is 504. The van der Waals surface area contributed by atoms with Gasteiger partial charge in [-0.05, 0) is 30.3 Å². The Morgan fingerprint density at radius 1 is 1.39 bits per heavy atom. The first-order chi connectivity index (χ1) is 8.74. The van der Waals surface area contributed by atoms with E-state index in [0.29, 0.717) is 13.1 Å². The molecule has 0 spiro atoms. The summed E-state index contributed by atoms with van der Waals surface area (Å²) in [5.74, 6) is 0.805. The van der Waals surface area contributed by atoms with Crippen LogP contribution in [-0.2, 0) is 18.8 Å². The zero-order valence-electron chi connectivity index (χ0n) is 10.6. The standard InChI is InChI=1S/C10H17N7S/c1-3-16-9(6-8(2)13-16)7-18-10-12-14-15-17(10)5-4-11/h6H,3-5,7,11H2,1-2H3. The predicted molar refractivity (Wildman–Crippen MR) is 69.1 cm³/mol. The van der Waals surface area contributed by atoms with Crippen LogP contribution in [0.15, 0.2) is 11.2 Å². The lowest BCUT2D eigenvalue weighted by atomic mass is 10.4. The monoisotopic (exact) mass is 267 g/mol. The quantitative estimate of drug-likeness (QED) is 0.765. The van der Waals surface area contributed by atoms with Crippen LogP contribution in [-0.4, -0.2) is 36.5 Å². The van der Waals surface area contributed by atoms with E-state index in [1.54, 1.807) is 16.4 Å². The highest BCUT2D eigenvalue weighted by Gasteiger charge is 2.09. The Hall–Kier alpha value is -1.41. The number of thioether (sulfide) groups is 1. The molecule has 2 aromatic heterocycles. The van der Waals surface area contributed by atoms with Crippen molar-refractivity contribution in [2.24, 2.45) is 5.73 Å². The highest BCUT2D eigenvalue weighted by Crippen LogP contribution is 2.20. The van der Waals surface area contributed by atoms with Crippen molar-refractivity contribution in [3.05, 3.63) is 17.5 Å². The average molecular weight is 267 g/mol. The maximum absolute atomic E-state index is 5.51. The van der Waals surface area contributed by atoms with Crippen LogP contribution in [0.3, 0.4) is 0 Å².